The van der Waals surface area contributed by atoms with Crippen LogP contribution < -0.4 is 0 Å². The van der Waals surface area contributed by atoms with E-state index < -0.39 is 6.10 Å². The normalized spacial score (nSPS) is 12.6. The Balaban J connectivity index is 3.44. The van der Waals surface area contributed by atoms with Crippen molar-refractivity contribution in [2.24, 2.45) is 0 Å². The number of aliphatic hydroxyl groups is 1. The first-order chi connectivity index (χ1) is 34.6. The first-order valence-corrected chi connectivity index (χ1v) is 30.8. The Morgan fingerprint density at radius 2 is 0.614 bits per heavy atom. The zero-order valence-electron chi connectivity index (χ0n) is 46.8. The molecule has 0 aliphatic carbocycles. The number of unbranched alkanes of at least 4 members (excludes halogenated alkanes) is 39. The van der Waals surface area contributed by atoms with Crippen molar-refractivity contribution < 1.29 is 24.2 Å². The van der Waals surface area contributed by atoms with Gasteiger partial charge >= 0.3 is 11.9 Å². The Morgan fingerprint density at radius 1 is 0.343 bits per heavy atom. The van der Waals surface area contributed by atoms with Crippen LogP contribution in [-0.4, -0.2) is 36.4 Å². The Labute approximate surface area is 436 Å². The van der Waals surface area contributed by atoms with Crippen LogP contribution in [0.3, 0.4) is 0 Å². The lowest BCUT2D eigenvalue weighted by Crippen LogP contribution is -2.28. The zero-order valence-corrected chi connectivity index (χ0v) is 46.8. The van der Waals surface area contributed by atoms with E-state index in [-0.39, 0.29) is 25.2 Å². The van der Waals surface area contributed by atoms with Crippen LogP contribution in [-0.2, 0) is 19.1 Å². The summed E-state index contributed by atoms with van der Waals surface area (Å²) in [6.45, 7) is 4.07. The molecule has 0 aromatic carbocycles. The smallest absolute Gasteiger partial charge is 0.306 e. The predicted octanol–water partition coefficient (Wildman–Crippen LogP) is 21.0. The van der Waals surface area contributed by atoms with E-state index in [9.17, 15) is 14.7 Å². The van der Waals surface area contributed by atoms with Crippen LogP contribution in [0.5, 0.6) is 0 Å². The van der Waals surface area contributed by atoms with Crippen molar-refractivity contribution in [2.75, 3.05) is 13.2 Å². The van der Waals surface area contributed by atoms with Gasteiger partial charge in [0.2, 0.25) is 0 Å². The molecule has 70 heavy (non-hydrogen) atoms. The first kappa shape index (κ1) is 67.6. The third kappa shape index (κ3) is 58.2. The fraction of sp³-hybridized carbons (Fsp3) is 0.815. The van der Waals surface area contributed by atoms with Gasteiger partial charge in [-0.05, 0) is 57.8 Å². The molecule has 0 heterocycles. The molecule has 0 aliphatic heterocycles. The summed E-state index contributed by atoms with van der Waals surface area (Å²) in [6.07, 6.45) is 82.2. The second kappa shape index (κ2) is 60.9. The van der Waals surface area contributed by atoms with Crippen molar-refractivity contribution in [3.63, 3.8) is 0 Å². The van der Waals surface area contributed by atoms with Crippen LogP contribution in [0, 0.1) is 0 Å². The molecule has 0 aliphatic rings. The van der Waals surface area contributed by atoms with E-state index in [1.807, 2.05) is 0 Å². The number of ether oxygens (including phenoxy) is 2. The number of carbonyl (C=O) groups excluding carboxylic acids is 2. The van der Waals surface area contributed by atoms with Gasteiger partial charge < -0.3 is 14.6 Å². The SMILES string of the molecule is CC/C=C\C/C=C\C/C=C\C/C=C\C/C=C\CCCCCCCCCCCCCCCC(=O)OC(CO)COC(=O)CCCCCCCCCCCCCCCCCCCCCCCCCCCCC. The molecule has 0 spiro atoms. The van der Waals surface area contributed by atoms with Crippen molar-refractivity contribution in [3.05, 3.63) is 60.8 Å². The summed E-state index contributed by atoms with van der Waals surface area (Å²) in [6, 6.07) is 0. The largest absolute Gasteiger partial charge is 0.462 e. The molecule has 0 amide bonds. The van der Waals surface area contributed by atoms with Crippen LogP contribution in [0.1, 0.15) is 322 Å². The molecular formula is C65H118O5. The highest BCUT2D eigenvalue weighted by molar-refractivity contribution is 5.70. The highest BCUT2D eigenvalue weighted by Crippen LogP contribution is 2.18. The van der Waals surface area contributed by atoms with Gasteiger partial charge in [0.1, 0.15) is 6.61 Å². The third-order valence-electron chi connectivity index (χ3n) is 13.8. The second-order valence-electron chi connectivity index (χ2n) is 20.8. The molecule has 0 saturated heterocycles. The van der Waals surface area contributed by atoms with Gasteiger partial charge in [-0.25, -0.2) is 0 Å². The number of rotatable bonds is 57. The fourth-order valence-corrected chi connectivity index (χ4v) is 9.23. The summed E-state index contributed by atoms with van der Waals surface area (Å²) in [7, 11) is 0. The van der Waals surface area contributed by atoms with Crippen molar-refractivity contribution in [1.82, 2.24) is 0 Å². The van der Waals surface area contributed by atoms with Gasteiger partial charge in [0.15, 0.2) is 6.10 Å². The molecule has 1 N–H and O–H groups in total. The van der Waals surface area contributed by atoms with Crippen molar-refractivity contribution in [1.29, 1.82) is 0 Å². The molecule has 0 aromatic heterocycles. The Morgan fingerprint density at radius 3 is 0.929 bits per heavy atom. The number of esters is 2. The van der Waals surface area contributed by atoms with E-state index in [4.69, 9.17) is 9.47 Å². The minimum Gasteiger partial charge on any atom is -0.462 e. The van der Waals surface area contributed by atoms with Gasteiger partial charge in [0.25, 0.3) is 0 Å². The van der Waals surface area contributed by atoms with Gasteiger partial charge in [0.05, 0.1) is 6.61 Å². The number of hydrogen-bond acceptors (Lipinski definition) is 5. The minimum atomic E-state index is -0.773. The topological polar surface area (TPSA) is 72.8 Å². The van der Waals surface area contributed by atoms with Crippen LogP contribution in [0.25, 0.3) is 0 Å². The summed E-state index contributed by atoms with van der Waals surface area (Å²) in [5.41, 5.74) is 0. The van der Waals surface area contributed by atoms with Gasteiger partial charge in [0, 0.05) is 12.8 Å². The van der Waals surface area contributed by atoms with E-state index in [0.717, 1.165) is 70.6 Å². The lowest BCUT2D eigenvalue weighted by Gasteiger charge is -2.15. The highest BCUT2D eigenvalue weighted by atomic mass is 16.6. The molecule has 0 fully saturated rings. The minimum absolute atomic E-state index is 0.0631. The quantitative estimate of drug-likeness (QED) is 0.0373. The second-order valence-corrected chi connectivity index (χ2v) is 20.8. The average molecular weight is 980 g/mol. The molecule has 5 heteroatoms. The number of hydrogen-bond donors (Lipinski definition) is 1. The number of allylic oxidation sites excluding steroid dienone is 10. The molecule has 0 radical (unpaired) electrons. The number of aliphatic hydroxyl groups excluding tert-OH is 1. The molecule has 0 saturated carbocycles. The summed E-state index contributed by atoms with van der Waals surface area (Å²) >= 11 is 0. The van der Waals surface area contributed by atoms with Crippen molar-refractivity contribution >= 4 is 11.9 Å². The van der Waals surface area contributed by atoms with E-state index in [2.05, 4.69) is 74.6 Å². The Bertz CT molecular complexity index is 1200. The predicted molar refractivity (Wildman–Crippen MR) is 307 cm³/mol. The highest BCUT2D eigenvalue weighted by Gasteiger charge is 2.16. The lowest BCUT2D eigenvalue weighted by atomic mass is 10.0. The van der Waals surface area contributed by atoms with Crippen LogP contribution in [0.15, 0.2) is 60.8 Å². The van der Waals surface area contributed by atoms with Crippen LogP contribution in [0.4, 0.5) is 0 Å². The fourth-order valence-electron chi connectivity index (χ4n) is 9.23. The van der Waals surface area contributed by atoms with Crippen LogP contribution in [0.2, 0.25) is 0 Å². The summed E-state index contributed by atoms with van der Waals surface area (Å²) in [5, 5.41) is 9.68. The van der Waals surface area contributed by atoms with Gasteiger partial charge in [-0.1, -0.05) is 312 Å². The first-order valence-electron chi connectivity index (χ1n) is 30.8. The molecule has 1 atom stereocenters. The molecule has 5 nitrogen and oxygen atoms in total. The molecule has 0 aromatic rings. The van der Waals surface area contributed by atoms with Gasteiger partial charge in [-0.15, -0.1) is 0 Å². The number of carbonyl (C=O) groups is 2. The van der Waals surface area contributed by atoms with Crippen molar-refractivity contribution in [2.45, 2.75) is 328 Å². The maximum absolute atomic E-state index is 12.3. The summed E-state index contributed by atoms with van der Waals surface area (Å²) in [5.74, 6) is -0.576. The average Bonchev–Trinajstić information content (AvgIpc) is 3.36. The van der Waals surface area contributed by atoms with Crippen LogP contribution >= 0.6 is 0 Å². The maximum Gasteiger partial charge on any atom is 0.306 e. The Hall–Kier alpha value is -2.40. The third-order valence-corrected chi connectivity index (χ3v) is 13.8. The van der Waals surface area contributed by atoms with E-state index in [0.29, 0.717) is 12.8 Å². The van der Waals surface area contributed by atoms with E-state index >= 15 is 0 Å². The molecular weight excluding hydrogens is 861 g/mol. The molecule has 408 valence electrons. The molecule has 1 unspecified atom stereocenters. The zero-order chi connectivity index (χ0) is 50.6. The van der Waals surface area contributed by atoms with E-state index in [1.54, 1.807) is 0 Å². The summed E-state index contributed by atoms with van der Waals surface area (Å²) < 4.78 is 10.7. The monoisotopic (exact) mass is 979 g/mol. The van der Waals surface area contributed by atoms with E-state index in [1.165, 1.54) is 225 Å². The molecule has 0 bridgehead atoms. The standard InChI is InChI=1S/C65H118O5/c1-3-5-7-9-11-13-15-17-19-21-23-25-27-29-31-32-34-36-38-40-42-44-46-48-50-52-54-56-58-60-65(68)70-63(61-66)62-69-64(67)59-57-55-53-51-49-47-45-43-41-39-37-35-33-30-28-26-24-22-20-18-16-14-12-10-8-6-4-2/h5,7,11,13,17,19,23,25,29,31,63,66H,3-4,6,8-10,12,14-16,18,20-22,24,26-28,30,32-62H2,1-2H3/b7-5-,13-11-,19-17-,25-23-,31-29-. The molecule has 0 rings (SSSR count). The maximum atomic E-state index is 12.3. The van der Waals surface area contributed by atoms with Crippen molar-refractivity contribution in [3.8, 4) is 0 Å². The lowest BCUT2D eigenvalue weighted by molar-refractivity contribution is -0.161. The van der Waals surface area contributed by atoms with Gasteiger partial charge in [-0.2, -0.15) is 0 Å². The summed E-state index contributed by atoms with van der Waals surface area (Å²) in [4.78, 5) is 24.6. The van der Waals surface area contributed by atoms with Gasteiger partial charge in [-0.3, -0.25) is 9.59 Å². The Kier molecular flexibility index (Phi) is 58.8.